The van der Waals surface area contributed by atoms with Gasteiger partial charge in [0.15, 0.2) is 5.13 Å². The highest BCUT2D eigenvalue weighted by Crippen LogP contribution is 2.33. The van der Waals surface area contributed by atoms with Gasteiger partial charge in [0, 0.05) is 12.2 Å². The van der Waals surface area contributed by atoms with Gasteiger partial charge in [-0.3, -0.25) is 14.4 Å². The molecule has 0 spiro atoms. The van der Waals surface area contributed by atoms with E-state index in [1.807, 2.05) is 44.2 Å². The first-order chi connectivity index (χ1) is 13.9. The van der Waals surface area contributed by atoms with Crippen LogP contribution < -0.4 is 4.90 Å². The van der Waals surface area contributed by atoms with Crippen LogP contribution in [0, 0.1) is 13.8 Å². The minimum Gasteiger partial charge on any atom is -0.278 e. The summed E-state index contributed by atoms with van der Waals surface area (Å²) in [4.78, 5) is 20.2. The van der Waals surface area contributed by atoms with E-state index >= 15 is 0 Å². The van der Waals surface area contributed by atoms with Crippen molar-refractivity contribution in [1.29, 1.82) is 0 Å². The number of carbonyl (C=O) groups is 1. The lowest BCUT2D eigenvalue weighted by atomic mass is 10.1. The third-order valence-electron chi connectivity index (χ3n) is 4.85. The van der Waals surface area contributed by atoms with Crippen molar-refractivity contribution in [2.45, 2.75) is 40.3 Å². The van der Waals surface area contributed by atoms with Crippen LogP contribution in [0.5, 0.6) is 0 Å². The molecule has 2 aromatic carbocycles. The highest BCUT2D eigenvalue weighted by Gasteiger charge is 2.25. The Kier molecular flexibility index (Phi) is 5.20. The number of thiazole rings is 1. The smallest absolute Gasteiger partial charge is 0.278 e. The summed E-state index contributed by atoms with van der Waals surface area (Å²) in [5.41, 5.74) is 4.92. The number of fused-ring (bicyclic) bond motifs is 1. The molecule has 0 saturated carbocycles. The quantitative estimate of drug-likeness (QED) is 0.439. The maximum absolute atomic E-state index is 13.6. The lowest BCUT2D eigenvalue weighted by molar-refractivity contribution is 0.0973. The molecule has 4 rings (SSSR count). The number of aryl methyl sites for hydroxylation is 2. The number of rotatable bonds is 5. The van der Waals surface area contributed by atoms with E-state index in [4.69, 9.17) is 4.98 Å². The van der Waals surface area contributed by atoms with Crippen molar-refractivity contribution in [2.24, 2.45) is 0 Å². The molecule has 0 N–H and O–H groups in total. The van der Waals surface area contributed by atoms with E-state index < -0.39 is 0 Å². The van der Waals surface area contributed by atoms with Crippen molar-refractivity contribution in [3.8, 4) is 0 Å². The lowest BCUT2D eigenvalue weighted by Gasteiger charge is -2.21. The molecule has 0 radical (unpaired) electrons. The molecule has 0 unspecified atom stereocenters. The molecule has 5 nitrogen and oxygen atoms in total. The Labute approximate surface area is 174 Å². The van der Waals surface area contributed by atoms with E-state index in [1.165, 1.54) is 11.1 Å². The first-order valence-electron chi connectivity index (χ1n) is 9.71. The standard InChI is InChI=1S/C23H24N4OS/c1-15(2)27-20(10-11-24-27)22(28)26(14-18-8-6-5-7-9-18)23-25-19-13-16(3)12-17(4)21(19)29-23/h5-13,15H,14H2,1-4H3. The summed E-state index contributed by atoms with van der Waals surface area (Å²) >= 11 is 1.56. The molecule has 6 heteroatoms. The van der Waals surface area contributed by atoms with Crippen LogP contribution in [0.15, 0.2) is 54.7 Å². The van der Waals surface area contributed by atoms with Crippen LogP contribution in [-0.2, 0) is 6.54 Å². The summed E-state index contributed by atoms with van der Waals surface area (Å²) in [7, 11) is 0. The number of anilines is 1. The Morgan fingerprint density at radius 1 is 1.14 bits per heavy atom. The summed E-state index contributed by atoms with van der Waals surface area (Å²) < 4.78 is 2.89. The van der Waals surface area contributed by atoms with Crippen molar-refractivity contribution < 1.29 is 4.79 Å². The molecule has 0 aliphatic carbocycles. The molecule has 0 aliphatic rings. The molecule has 0 saturated heterocycles. The zero-order chi connectivity index (χ0) is 20.5. The summed E-state index contributed by atoms with van der Waals surface area (Å²) in [5.74, 6) is -0.0894. The highest BCUT2D eigenvalue weighted by atomic mass is 32.1. The molecule has 4 aromatic rings. The maximum atomic E-state index is 13.6. The average Bonchev–Trinajstić information content (AvgIpc) is 3.33. The SMILES string of the molecule is Cc1cc(C)c2sc(N(Cc3ccccc3)C(=O)c3ccnn3C(C)C)nc2c1. The number of hydrogen-bond acceptors (Lipinski definition) is 4. The van der Waals surface area contributed by atoms with Crippen LogP contribution in [0.2, 0.25) is 0 Å². The molecule has 2 aromatic heterocycles. The molecule has 0 atom stereocenters. The Bertz CT molecular complexity index is 1160. The van der Waals surface area contributed by atoms with E-state index in [0.29, 0.717) is 17.4 Å². The molecule has 29 heavy (non-hydrogen) atoms. The van der Waals surface area contributed by atoms with Gasteiger partial charge in [-0.15, -0.1) is 0 Å². The maximum Gasteiger partial charge on any atom is 0.278 e. The van der Waals surface area contributed by atoms with Gasteiger partial charge in [-0.1, -0.05) is 47.7 Å². The molecule has 148 valence electrons. The van der Waals surface area contributed by atoms with Crippen LogP contribution in [-0.4, -0.2) is 20.7 Å². The third kappa shape index (κ3) is 3.80. The van der Waals surface area contributed by atoms with Crippen LogP contribution in [0.1, 0.15) is 47.1 Å². The molecule has 2 heterocycles. The summed E-state index contributed by atoms with van der Waals surface area (Å²) in [6.45, 7) is 8.67. The second-order valence-electron chi connectivity index (χ2n) is 7.56. The number of benzene rings is 2. The minimum absolute atomic E-state index is 0.0894. The summed E-state index contributed by atoms with van der Waals surface area (Å²) in [6, 6.07) is 16.1. The molecule has 0 fully saturated rings. The van der Waals surface area contributed by atoms with Crippen LogP contribution in [0.25, 0.3) is 10.2 Å². The van der Waals surface area contributed by atoms with Gasteiger partial charge in [0.1, 0.15) is 5.69 Å². The van der Waals surface area contributed by atoms with Gasteiger partial charge in [-0.05, 0) is 56.5 Å². The number of amides is 1. The number of carbonyl (C=O) groups excluding carboxylic acids is 1. The van der Waals surface area contributed by atoms with Crippen LogP contribution in [0.4, 0.5) is 5.13 Å². The van der Waals surface area contributed by atoms with Gasteiger partial charge in [0.2, 0.25) is 0 Å². The monoisotopic (exact) mass is 404 g/mol. The van der Waals surface area contributed by atoms with E-state index in [-0.39, 0.29) is 11.9 Å². The fourth-order valence-corrected chi connectivity index (χ4v) is 4.52. The zero-order valence-corrected chi connectivity index (χ0v) is 17.9. The van der Waals surface area contributed by atoms with Gasteiger partial charge in [0.05, 0.1) is 16.8 Å². The fourth-order valence-electron chi connectivity index (χ4n) is 3.51. The van der Waals surface area contributed by atoms with Crippen molar-refractivity contribution >= 4 is 32.6 Å². The Hall–Kier alpha value is -2.99. The van der Waals surface area contributed by atoms with E-state index in [9.17, 15) is 4.79 Å². The van der Waals surface area contributed by atoms with Crippen molar-refractivity contribution in [1.82, 2.24) is 14.8 Å². The van der Waals surface area contributed by atoms with Gasteiger partial charge in [-0.2, -0.15) is 5.10 Å². The van der Waals surface area contributed by atoms with E-state index in [0.717, 1.165) is 15.8 Å². The van der Waals surface area contributed by atoms with Gasteiger partial charge in [0.25, 0.3) is 5.91 Å². The number of aromatic nitrogens is 3. The van der Waals surface area contributed by atoms with Gasteiger partial charge < -0.3 is 0 Å². The molecular formula is C23H24N4OS. The third-order valence-corrected chi connectivity index (χ3v) is 6.08. The highest BCUT2D eigenvalue weighted by molar-refractivity contribution is 7.22. The first kappa shape index (κ1) is 19.3. The van der Waals surface area contributed by atoms with Gasteiger partial charge in [-0.25, -0.2) is 4.98 Å². The van der Waals surface area contributed by atoms with Crippen molar-refractivity contribution in [2.75, 3.05) is 4.90 Å². The van der Waals surface area contributed by atoms with Crippen molar-refractivity contribution in [3.05, 3.63) is 77.1 Å². The lowest BCUT2D eigenvalue weighted by Crippen LogP contribution is -2.32. The van der Waals surface area contributed by atoms with Gasteiger partial charge >= 0.3 is 0 Å². The van der Waals surface area contributed by atoms with E-state index in [2.05, 4.69) is 31.1 Å². The zero-order valence-electron chi connectivity index (χ0n) is 17.1. The Morgan fingerprint density at radius 3 is 2.62 bits per heavy atom. The Balaban J connectivity index is 1.81. The molecule has 1 amide bonds. The number of nitrogens with zero attached hydrogens (tertiary/aromatic N) is 4. The van der Waals surface area contributed by atoms with Crippen LogP contribution in [0.3, 0.4) is 0 Å². The normalized spacial score (nSPS) is 11.3. The number of hydrogen-bond donors (Lipinski definition) is 0. The minimum atomic E-state index is -0.0894. The van der Waals surface area contributed by atoms with E-state index in [1.54, 1.807) is 33.2 Å². The first-order valence-corrected chi connectivity index (χ1v) is 10.5. The molecule has 0 bridgehead atoms. The predicted molar refractivity (Wildman–Crippen MR) is 119 cm³/mol. The second-order valence-corrected chi connectivity index (χ2v) is 8.54. The van der Waals surface area contributed by atoms with Crippen molar-refractivity contribution in [3.63, 3.8) is 0 Å². The largest absolute Gasteiger partial charge is 0.278 e. The molecular weight excluding hydrogens is 380 g/mol. The molecule has 0 aliphatic heterocycles. The summed E-state index contributed by atoms with van der Waals surface area (Å²) in [6.07, 6.45) is 1.68. The van der Waals surface area contributed by atoms with Crippen LogP contribution >= 0.6 is 11.3 Å². The summed E-state index contributed by atoms with van der Waals surface area (Å²) in [5, 5.41) is 5.05. The fraction of sp³-hybridized carbons (Fsp3) is 0.261. The Morgan fingerprint density at radius 2 is 1.90 bits per heavy atom. The average molecular weight is 405 g/mol. The predicted octanol–water partition coefficient (Wildman–Crippen LogP) is 5.54. The topological polar surface area (TPSA) is 51.0 Å². The second kappa shape index (κ2) is 7.79.